The van der Waals surface area contributed by atoms with E-state index in [1.165, 1.54) is 6.07 Å². The Morgan fingerprint density at radius 2 is 1.91 bits per heavy atom. The smallest absolute Gasteiger partial charge is 0.337 e. The monoisotopic (exact) mass is 453 g/mol. The van der Waals surface area contributed by atoms with Crippen molar-refractivity contribution in [3.8, 4) is 11.3 Å². The van der Waals surface area contributed by atoms with E-state index in [0.29, 0.717) is 22.4 Å². The third-order valence-corrected chi connectivity index (χ3v) is 5.86. The Morgan fingerprint density at radius 3 is 2.71 bits per heavy atom. The molecule has 0 fully saturated rings. The fourth-order valence-corrected chi connectivity index (χ4v) is 4.27. The molecule has 0 aliphatic heterocycles. The molecule has 0 aliphatic rings. The molecule has 7 nitrogen and oxygen atoms in total. The number of rotatable bonds is 5. The number of hydrogen-bond acceptors (Lipinski definition) is 5. The standard InChI is InChI=1S/C27H23N3O4/c1-15-10-20(17(3)29-22-7-5-4-6-19(22)27(32)33)26-21(11-15)23(31)13-24(34-26)18-8-9-30-14-16(2)28-25(30)12-18/h4-14,17,29H,1-3H3,(H,32,33). The fourth-order valence-electron chi connectivity index (χ4n) is 4.27. The molecule has 2 aromatic carbocycles. The van der Waals surface area contributed by atoms with Gasteiger partial charge in [-0.1, -0.05) is 18.2 Å². The molecule has 0 saturated carbocycles. The summed E-state index contributed by atoms with van der Waals surface area (Å²) in [5, 5.41) is 13.3. The number of nitrogens with zero attached hydrogens (tertiary/aromatic N) is 2. The average Bonchev–Trinajstić information content (AvgIpc) is 3.18. The van der Waals surface area contributed by atoms with Crippen LogP contribution in [0, 0.1) is 13.8 Å². The van der Waals surface area contributed by atoms with E-state index in [4.69, 9.17) is 4.42 Å². The molecule has 0 saturated heterocycles. The van der Waals surface area contributed by atoms with Crippen molar-refractivity contribution < 1.29 is 14.3 Å². The van der Waals surface area contributed by atoms with Gasteiger partial charge in [-0.3, -0.25) is 4.79 Å². The molecule has 3 heterocycles. The van der Waals surface area contributed by atoms with E-state index in [9.17, 15) is 14.7 Å². The van der Waals surface area contributed by atoms with Crippen molar-refractivity contribution in [3.63, 3.8) is 0 Å². The lowest BCUT2D eigenvalue weighted by molar-refractivity contribution is 0.0698. The molecule has 5 aromatic rings. The second-order valence-electron chi connectivity index (χ2n) is 8.49. The van der Waals surface area contributed by atoms with Gasteiger partial charge in [0.2, 0.25) is 0 Å². The molecule has 0 spiro atoms. The van der Waals surface area contributed by atoms with Crippen molar-refractivity contribution >= 4 is 28.3 Å². The van der Waals surface area contributed by atoms with Gasteiger partial charge in [0.15, 0.2) is 5.43 Å². The number of aromatic nitrogens is 2. The van der Waals surface area contributed by atoms with E-state index in [-0.39, 0.29) is 17.0 Å². The van der Waals surface area contributed by atoms with Crippen LogP contribution in [0.2, 0.25) is 0 Å². The highest BCUT2D eigenvalue weighted by Crippen LogP contribution is 2.31. The predicted molar refractivity (Wildman–Crippen MR) is 132 cm³/mol. The Balaban J connectivity index is 1.64. The first-order valence-electron chi connectivity index (χ1n) is 10.9. The Kier molecular flexibility index (Phi) is 5.17. The van der Waals surface area contributed by atoms with Crippen LogP contribution in [0.1, 0.15) is 40.1 Å². The van der Waals surface area contributed by atoms with Gasteiger partial charge >= 0.3 is 5.97 Å². The van der Waals surface area contributed by atoms with E-state index in [1.807, 2.05) is 61.8 Å². The average molecular weight is 453 g/mol. The molecule has 0 aliphatic carbocycles. The van der Waals surface area contributed by atoms with Gasteiger partial charge in [-0.25, -0.2) is 9.78 Å². The number of carbonyl (C=O) groups is 1. The summed E-state index contributed by atoms with van der Waals surface area (Å²) in [5.41, 5.74) is 5.11. The number of carboxylic acids is 1. The topological polar surface area (TPSA) is 96.8 Å². The molecule has 3 aromatic heterocycles. The molecule has 5 rings (SSSR count). The van der Waals surface area contributed by atoms with E-state index in [2.05, 4.69) is 10.3 Å². The van der Waals surface area contributed by atoms with Gasteiger partial charge in [0.1, 0.15) is 17.0 Å². The van der Waals surface area contributed by atoms with Gasteiger partial charge in [-0.05, 0) is 56.7 Å². The summed E-state index contributed by atoms with van der Waals surface area (Å²) in [6.45, 7) is 5.76. The Hall–Kier alpha value is -4.39. The summed E-state index contributed by atoms with van der Waals surface area (Å²) >= 11 is 0. The number of imidazole rings is 1. The molecule has 1 unspecified atom stereocenters. The van der Waals surface area contributed by atoms with Gasteiger partial charge in [0.25, 0.3) is 0 Å². The second-order valence-corrected chi connectivity index (χ2v) is 8.49. The Labute approximate surface area is 195 Å². The number of nitrogens with one attached hydrogen (secondary N) is 1. The van der Waals surface area contributed by atoms with E-state index in [1.54, 1.807) is 24.3 Å². The highest BCUT2D eigenvalue weighted by atomic mass is 16.4. The first kappa shape index (κ1) is 21.5. The summed E-state index contributed by atoms with van der Waals surface area (Å²) in [6.07, 6.45) is 3.82. The van der Waals surface area contributed by atoms with Crippen molar-refractivity contribution in [3.05, 3.63) is 99.6 Å². The summed E-state index contributed by atoms with van der Waals surface area (Å²) in [6, 6.07) is 15.5. The number of fused-ring (bicyclic) bond motifs is 2. The highest BCUT2D eigenvalue weighted by molar-refractivity contribution is 5.94. The van der Waals surface area contributed by atoms with Gasteiger partial charge < -0.3 is 19.2 Å². The van der Waals surface area contributed by atoms with Crippen molar-refractivity contribution in [2.75, 3.05) is 5.32 Å². The first-order chi connectivity index (χ1) is 16.3. The fraction of sp³-hybridized carbons (Fsp3) is 0.148. The Bertz CT molecular complexity index is 1630. The number of aromatic carboxylic acids is 1. The molecule has 0 amide bonds. The summed E-state index contributed by atoms with van der Waals surface area (Å²) in [4.78, 5) is 29.2. The molecule has 1 atom stereocenters. The zero-order valence-corrected chi connectivity index (χ0v) is 19.0. The SMILES string of the molecule is Cc1cc(C(C)Nc2ccccc2C(=O)O)c2oc(-c3ccn4cc(C)nc4c3)cc(=O)c2c1. The van der Waals surface area contributed by atoms with E-state index >= 15 is 0 Å². The molecule has 2 N–H and O–H groups in total. The van der Waals surface area contributed by atoms with E-state index < -0.39 is 5.97 Å². The van der Waals surface area contributed by atoms with Crippen LogP contribution in [0.4, 0.5) is 5.69 Å². The van der Waals surface area contributed by atoms with Crippen LogP contribution in [0.25, 0.3) is 27.9 Å². The van der Waals surface area contributed by atoms with Crippen molar-refractivity contribution in [1.82, 2.24) is 9.38 Å². The highest BCUT2D eigenvalue weighted by Gasteiger charge is 2.18. The molecule has 34 heavy (non-hydrogen) atoms. The van der Waals surface area contributed by atoms with Gasteiger partial charge in [0, 0.05) is 35.3 Å². The molecular weight excluding hydrogens is 430 g/mol. The largest absolute Gasteiger partial charge is 0.478 e. The zero-order chi connectivity index (χ0) is 24.0. The predicted octanol–water partition coefficient (Wildman–Crippen LogP) is 5.60. The number of pyridine rings is 1. The minimum absolute atomic E-state index is 0.140. The summed E-state index contributed by atoms with van der Waals surface area (Å²) in [5.74, 6) is -0.563. The third kappa shape index (κ3) is 3.81. The quantitative estimate of drug-likeness (QED) is 0.360. The number of carboxylic acid groups (broad SMARTS) is 1. The normalized spacial score (nSPS) is 12.2. The minimum Gasteiger partial charge on any atom is -0.478 e. The molecule has 170 valence electrons. The second kappa shape index (κ2) is 8.19. The number of benzene rings is 2. The summed E-state index contributed by atoms with van der Waals surface area (Å²) < 4.78 is 8.23. The van der Waals surface area contributed by atoms with Crippen LogP contribution in [-0.2, 0) is 0 Å². The maximum Gasteiger partial charge on any atom is 0.337 e. The van der Waals surface area contributed by atoms with Crippen molar-refractivity contribution in [2.45, 2.75) is 26.8 Å². The number of anilines is 1. The van der Waals surface area contributed by atoms with Crippen LogP contribution < -0.4 is 10.7 Å². The van der Waals surface area contributed by atoms with Gasteiger partial charge in [-0.15, -0.1) is 0 Å². The summed E-state index contributed by atoms with van der Waals surface area (Å²) in [7, 11) is 0. The van der Waals surface area contributed by atoms with Crippen LogP contribution >= 0.6 is 0 Å². The lowest BCUT2D eigenvalue weighted by Gasteiger charge is -2.19. The van der Waals surface area contributed by atoms with Crippen LogP contribution in [-0.4, -0.2) is 20.5 Å². The Morgan fingerprint density at radius 1 is 1.12 bits per heavy atom. The lowest BCUT2D eigenvalue weighted by Crippen LogP contribution is -2.12. The zero-order valence-electron chi connectivity index (χ0n) is 19.0. The molecule has 0 radical (unpaired) electrons. The lowest BCUT2D eigenvalue weighted by atomic mass is 10.00. The van der Waals surface area contributed by atoms with Crippen LogP contribution in [0.15, 0.2) is 76.2 Å². The van der Waals surface area contributed by atoms with Crippen molar-refractivity contribution in [1.29, 1.82) is 0 Å². The van der Waals surface area contributed by atoms with E-state index in [0.717, 1.165) is 28.0 Å². The third-order valence-electron chi connectivity index (χ3n) is 5.86. The van der Waals surface area contributed by atoms with Crippen LogP contribution in [0.3, 0.4) is 0 Å². The van der Waals surface area contributed by atoms with Gasteiger partial charge in [0.05, 0.1) is 22.7 Å². The first-order valence-corrected chi connectivity index (χ1v) is 10.9. The van der Waals surface area contributed by atoms with Gasteiger partial charge in [-0.2, -0.15) is 0 Å². The maximum absolute atomic E-state index is 13.1. The maximum atomic E-state index is 13.1. The number of para-hydroxylation sites is 1. The molecule has 7 heteroatoms. The molecular formula is C27H23N3O4. The number of hydrogen-bond donors (Lipinski definition) is 2. The van der Waals surface area contributed by atoms with Crippen molar-refractivity contribution in [2.24, 2.45) is 0 Å². The molecule has 0 bridgehead atoms. The number of aryl methyl sites for hydroxylation is 2. The minimum atomic E-state index is -1.01. The van der Waals surface area contributed by atoms with Crippen LogP contribution in [0.5, 0.6) is 0 Å².